The lowest BCUT2D eigenvalue weighted by Gasteiger charge is -2.36. The van der Waals surface area contributed by atoms with E-state index in [1.165, 1.54) is 0 Å². The Kier molecular flexibility index (Phi) is 2.70. The van der Waals surface area contributed by atoms with Gasteiger partial charge >= 0.3 is 0 Å². The van der Waals surface area contributed by atoms with Crippen LogP contribution in [0.25, 0.3) is 0 Å². The summed E-state index contributed by atoms with van der Waals surface area (Å²) in [6, 6.07) is 0.137. The highest BCUT2D eigenvalue weighted by Crippen LogP contribution is 2.44. The SMILES string of the molecule is CC(CC1CC(F)(F)C1)NCl. The molecule has 1 atom stereocenters. The van der Waals surface area contributed by atoms with E-state index in [2.05, 4.69) is 4.84 Å². The number of alkyl halides is 2. The Morgan fingerprint density at radius 2 is 2.18 bits per heavy atom. The van der Waals surface area contributed by atoms with Crippen molar-refractivity contribution in [2.45, 2.75) is 38.2 Å². The van der Waals surface area contributed by atoms with Crippen LogP contribution in [0.3, 0.4) is 0 Å². The Hall–Kier alpha value is 0.110. The maximum atomic E-state index is 12.3. The predicted molar refractivity (Wildman–Crippen MR) is 40.7 cm³/mol. The number of hydrogen-bond acceptors (Lipinski definition) is 1. The lowest BCUT2D eigenvalue weighted by Crippen LogP contribution is -2.38. The summed E-state index contributed by atoms with van der Waals surface area (Å²) >= 11 is 5.31. The molecule has 0 aromatic rings. The van der Waals surface area contributed by atoms with Crippen LogP contribution in [-0.2, 0) is 0 Å². The van der Waals surface area contributed by atoms with Gasteiger partial charge in [0.05, 0.1) is 0 Å². The average molecular weight is 184 g/mol. The number of nitrogens with one attached hydrogen (secondary N) is 1. The summed E-state index contributed by atoms with van der Waals surface area (Å²) in [6.07, 6.45) is 0.824. The van der Waals surface area contributed by atoms with Crippen LogP contribution in [0.4, 0.5) is 8.78 Å². The fourth-order valence-electron chi connectivity index (χ4n) is 1.50. The van der Waals surface area contributed by atoms with Gasteiger partial charge in [0, 0.05) is 18.9 Å². The van der Waals surface area contributed by atoms with Gasteiger partial charge < -0.3 is 0 Å². The van der Waals surface area contributed by atoms with Crippen molar-refractivity contribution in [2.24, 2.45) is 5.92 Å². The first-order valence-electron chi connectivity index (χ1n) is 3.77. The normalized spacial score (nSPS) is 26.2. The van der Waals surface area contributed by atoms with E-state index in [0.717, 1.165) is 6.42 Å². The molecule has 4 heteroatoms. The number of halogens is 3. The van der Waals surface area contributed by atoms with Crippen LogP contribution < -0.4 is 4.84 Å². The molecule has 1 aliphatic rings. The molecule has 1 rings (SSSR count). The first-order valence-corrected chi connectivity index (χ1v) is 4.15. The van der Waals surface area contributed by atoms with Crippen molar-refractivity contribution in [3.05, 3.63) is 0 Å². The van der Waals surface area contributed by atoms with Gasteiger partial charge in [0.15, 0.2) is 0 Å². The maximum absolute atomic E-state index is 12.3. The predicted octanol–water partition coefficient (Wildman–Crippen LogP) is 2.55. The molecule has 1 N–H and O–H groups in total. The molecule has 0 aromatic carbocycles. The molecule has 0 bridgehead atoms. The van der Waals surface area contributed by atoms with Gasteiger partial charge in [-0.2, -0.15) is 0 Å². The van der Waals surface area contributed by atoms with Crippen molar-refractivity contribution in [3.8, 4) is 0 Å². The van der Waals surface area contributed by atoms with Crippen molar-refractivity contribution >= 4 is 11.8 Å². The van der Waals surface area contributed by atoms with Crippen molar-refractivity contribution in [1.82, 2.24) is 4.84 Å². The van der Waals surface area contributed by atoms with Crippen molar-refractivity contribution < 1.29 is 8.78 Å². The zero-order valence-corrected chi connectivity index (χ0v) is 7.17. The van der Waals surface area contributed by atoms with Gasteiger partial charge in [-0.1, -0.05) is 0 Å². The highest BCUT2D eigenvalue weighted by atomic mass is 35.5. The lowest BCUT2D eigenvalue weighted by atomic mass is 9.78. The zero-order valence-electron chi connectivity index (χ0n) is 6.41. The van der Waals surface area contributed by atoms with E-state index in [1.54, 1.807) is 0 Å². The highest BCUT2D eigenvalue weighted by Gasteiger charge is 2.45. The van der Waals surface area contributed by atoms with Gasteiger partial charge in [-0.25, -0.2) is 13.6 Å². The van der Waals surface area contributed by atoms with Gasteiger partial charge in [-0.15, -0.1) is 0 Å². The van der Waals surface area contributed by atoms with Crippen LogP contribution in [0.2, 0.25) is 0 Å². The molecule has 1 saturated carbocycles. The fourth-order valence-corrected chi connectivity index (χ4v) is 1.59. The molecule has 1 nitrogen and oxygen atoms in total. The van der Waals surface area contributed by atoms with Gasteiger partial charge in [-0.3, -0.25) is 0 Å². The lowest BCUT2D eigenvalue weighted by molar-refractivity contribution is -0.113. The van der Waals surface area contributed by atoms with Gasteiger partial charge in [0.1, 0.15) is 0 Å². The molecule has 0 aliphatic heterocycles. The molecule has 1 fully saturated rings. The molecule has 0 saturated heterocycles. The Morgan fingerprint density at radius 3 is 2.55 bits per heavy atom. The summed E-state index contributed by atoms with van der Waals surface area (Å²) in [7, 11) is 0. The summed E-state index contributed by atoms with van der Waals surface area (Å²) in [4.78, 5) is 2.52. The molecule has 1 aliphatic carbocycles. The quantitative estimate of drug-likeness (QED) is 0.664. The van der Waals surface area contributed by atoms with Crippen LogP contribution in [0.1, 0.15) is 26.2 Å². The van der Waals surface area contributed by atoms with Crippen LogP contribution in [0.5, 0.6) is 0 Å². The molecule has 66 valence electrons. The topological polar surface area (TPSA) is 12.0 Å². The van der Waals surface area contributed by atoms with Gasteiger partial charge in [0.25, 0.3) is 0 Å². The summed E-state index contributed by atoms with van der Waals surface area (Å²) in [6.45, 7) is 1.89. The minimum absolute atomic E-state index is 0.0376. The maximum Gasteiger partial charge on any atom is 0.248 e. The van der Waals surface area contributed by atoms with Crippen LogP contribution in [0.15, 0.2) is 0 Å². The zero-order chi connectivity index (χ0) is 8.48. The number of rotatable bonds is 3. The molecule has 11 heavy (non-hydrogen) atoms. The first kappa shape index (κ1) is 9.20. The summed E-state index contributed by atoms with van der Waals surface area (Å²) < 4.78 is 24.6. The molecular formula is C7H12ClF2N. The standard InChI is InChI=1S/C7H12ClF2N/c1-5(11-8)2-6-3-7(9,10)4-6/h5-6,11H,2-4H2,1H3. The molecular weight excluding hydrogens is 172 g/mol. The fraction of sp³-hybridized carbons (Fsp3) is 1.00. The minimum atomic E-state index is -2.39. The van der Waals surface area contributed by atoms with E-state index in [1.807, 2.05) is 6.92 Å². The summed E-state index contributed by atoms with van der Waals surface area (Å²) in [5.41, 5.74) is 0. The Bertz CT molecular complexity index is 132. The van der Waals surface area contributed by atoms with Crippen molar-refractivity contribution in [3.63, 3.8) is 0 Å². The molecule has 1 unspecified atom stereocenters. The van der Waals surface area contributed by atoms with E-state index in [-0.39, 0.29) is 24.8 Å². The Balaban J connectivity index is 2.13. The molecule has 0 amide bonds. The second-order valence-corrected chi connectivity index (χ2v) is 3.59. The molecule has 0 spiro atoms. The smallest absolute Gasteiger partial charge is 0.231 e. The first-order chi connectivity index (χ1) is 5.03. The van der Waals surface area contributed by atoms with E-state index in [0.29, 0.717) is 0 Å². The van der Waals surface area contributed by atoms with Crippen molar-refractivity contribution in [1.29, 1.82) is 0 Å². The molecule has 0 heterocycles. The average Bonchev–Trinajstić information content (AvgIpc) is 1.83. The Labute approximate surface area is 70.2 Å². The minimum Gasteiger partial charge on any atom is -0.231 e. The molecule has 0 aromatic heterocycles. The van der Waals surface area contributed by atoms with E-state index in [4.69, 9.17) is 11.8 Å². The Morgan fingerprint density at radius 1 is 1.64 bits per heavy atom. The van der Waals surface area contributed by atoms with Crippen LogP contribution in [0, 0.1) is 5.92 Å². The largest absolute Gasteiger partial charge is 0.248 e. The third kappa shape index (κ3) is 2.56. The second-order valence-electron chi connectivity index (χ2n) is 3.38. The van der Waals surface area contributed by atoms with Crippen molar-refractivity contribution in [2.75, 3.05) is 0 Å². The van der Waals surface area contributed by atoms with Gasteiger partial charge in [-0.05, 0) is 31.0 Å². The van der Waals surface area contributed by atoms with E-state index >= 15 is 0 Å². The summed E-state index contributed by atoms with van der Waals surface area (Å²) in [5.74, 6) is -2.23. The second kappa shape index (κ2) is 3.23. The third-order valence-electron chi connectivity index (χ3n) is 2.05. The number of hydrogen-bond donors (Lipinski definition) is 1. The van der Waals surface area contributed by atoms with Crippen LogP contribution >= 0.6 is 11.8 Å². The third-order valence-corrected chi connectivity index (χ3v) is 2.42. The molecule has 0 radical (unpaired) electrons. The highest BCUT2D eigenvalue weighted by molar-refractivity contribution is 6.13. The van der Waals surface area contributed by atoms with Gasteiger partial charge in [0.2, 0.25) is 5.92 Å². The van der Waals surface area contributed by atoms with E-state index < -0.39 is 5.92 Å². The summed E-state index contributed by atoms with van der Waals surface area (Å²) in [5, 5.41) is 0. The van der Waals surface area contributed by atoms with Crippen LogP contribution in [-0.4, -0.2) is 12.0 Å². The monoisotopic (exact) mass is 183 g/mol. The van der Waals surface area contributed by atoms with E-state index in [9.17, 15) is 8.78 Å².